The number of nitro benzene ring substituents is 1. The summed E-state index contributed by atoms with van der Waals surface area (Å²) in [5.41, 5.74) is -1.24. The Morgan fingerprint density at radius 3 is 2.72 bits per heavy atom. The van der Waals surface area contributed by atoms with Crippen molar-refractivity contribution in [1.29, 1.82) is 0 Å². The Morgan fingerprint density at radius 2 is 2.11 bits per heavy atom. The van der Waals surface area contributed by atoms with Crippen LogP contribution < -0.4 is 4.74 Å². The van der Waals surface area contributed by atoms with Gasteiger partial charge in [-0.05, 0) is 18.9 Å². The standard InChI is InChI=1S/C12H14FNO4/c13-9-3-4-10(14(16)17)11(7-9)18-8-12(15)5-1-2-6-12/h3-4,7,15H,1-2,5-6,8H2. The van der Waals surface area contributed by atoms with Crippen LogP contribution in [0.5, 0.6) is 5.75 Å². The van der Waals surface area contributed by atoms with E-state index in [1.807, 2.05) is 0 Å². The Hall–Kier alpha value is -1.69. The Kier molecular flexibility index (Phi) is 3.47. The third kappa shape index (κ3) is 2.76. The first-order valence-corrected chi connectivity index (χ1v) is 5.79. The van der Waals surface area contributed by atoms with Gasteiger partial charge in [0.25, 0.3) is 0 Å². The highest BCUT2D eigenvalue weighted by Gasteiger charge is 2.32. The summed E-state index contributed by atoms with van der Waals surface area (Å²) in [7, 11) is 0. The van der Waals surface area contributed by atoms with E-state index in [4.69, 9.17) is 4.74 Å². The fraction of sp³-hybridized carbons (Fsp3) is 0.500. The van der Waals surface area contributed by atoms with Crippen LogP contribution in [0.15, 0.2) is 18.2 Å². The second kappa shape index (κ2) is 4.89. The van der Waals surface area contributed by atoms with Crippen LogP contribution in [0, 0.1) is 15.9 Å². The molecule has 1 aromatic rings. The van der Waals surface area contributed by atoms with Gasteiger partial charge in [-0.1, -0.05) is 12.8 Å². The molecule has 2 rings (SSSR count). The lowest BCUT2D eigenvalue weighted by Crippen LogP contribution is -2.32. The van der Waals surface area contributed by atoms with Crippen molar-refractivity contribution in [2.24, 2.45) is 0 Å². The highest BCUT2D eigenvalue weighted by atomic mass is 19.1. The Labute approximate surface area is 103 Å². The molecule has 1 aliphatic carbocycles. The summed E-state index contributed by atoms with van der Waals surface area (Å²) >= 11 is 0. The molecule has 0 unspecified atom stereocenters. The lowest BCUT2D eigenvalue weighted by atomic mass is 10.0. The van der Waals surface area contributed by atoms with Crippen LogP contribution in [-0.4, -0.2) is 22.2 Å². The van der Waals surface area contributed by atoms with E-state index in [1.165, 1.54) is 0 Å². The van der Waals surface area contributed by atoms with Crippen LogP contribution in [0.1, 0.15) is 25.7 Å². The molecule has 0 radical (unpaired) electrons. The minimum Gasteiger partial charge on any atom is -0.484 e. The maximum absolute atomic E-state index is 13.0. The third-order valence-electron chi connectivity index (χ3n) is 3.15. The fourth-order valence-corrected chi connectivity index (χ4v) is 2.14. The number of aliphatic hydroxyl groups is 1. The molecule has 0 spiro atoms. The lowest BCUT2D eigenvalue weighted by molar-refractivity contribution is -0.386. The van der Waals surface area contributed by atoms with Crippen LogP contribution in [0.3, 0.4) is 0 Å². The van der Waals surface area contributed by atoms with Crippen molar-refractivity contribution < 1.29 is 19.2 Å². The van der Waals surface area contributed by atoms with E-state index in [1.54, 1.807) is 0 Å². The maximum Gasteiger partial charge on any atom is 0.311 e. The Morgan fingerprint density at radius 1 is 1.44 bits per heavy atom. The topological polar surface area (TPSA) is 72.6 Å². The van der Waals surface area contributed by atoms with E-state index < -0.39 is 16.3 Å². The summed E-state index contributed by atoms with van der Waals surface area (Å²) < 4.78 is 18.3. The average Bonchev–Trinajstić information content (AvgIpc) is 2.74. The van der Waals surface area contributed by atoms with Gasteiger partial charge in [0, 0.05) is 12.1 Å². The van der Waals surface area contributed by atoms with Gasteiger partial charge in [-0.2, -0.15) is 0 Å². The quantitative estimate of drug-likeness (QED) is 0.662. The summed E-state index contributed by atoms with van der Waals surface area (Å²) in [6, 6.07) is 3.04. The molecule has 1 saturated carbocycles. The predicted molar refractivity (Wildman–Crippen MR) is 62.0 cm³/mol. The van der Waals surface area contributed by atoms with Crippen molar-refractivity contribution in [2.75, 3.05) is 6.61 Å². The first-order chi connectivity index (χ1) is 8.50. The molecule has 0 amide bonds. The maximum atomic E-state index is 13.0. The number of hydrogen-bond acceptors (Lipinski definition) is 4. The van der Waals surface area contributed by atoms with Gasteiger partial charge in [0.1, 0.15) is 12.4 Å². The number of rotatable bonds is 4. The molecule has 1 N–H and O–H groups in total. The summed E-state index contributed by atoms with van der Waals surface area (Å²) in [6.07, 6.45) is 3.03. The number of nitrogens with zero attached hydrogens (tertiary/aromatic N) is 1. The van der Waals surface area contributed by atoms with Crippen molar-refractivity contribution in [2.45, 2.75) is 31.3 Å². The van der Waals surface area contributed by atoms with Crippen molar-refractivity contribution in [3.05, 3.63) is 34.1 Å². The van der Waals surface area contributed by atoms with Crippen molar-refractivity contribution in [3.8, 4) is 5.75 Å². The number of halogens is 1. The molecular weight excluding hydrogens is 241 g/mol. The van der Waals surface area contributed by atoms with Crippen molar-refractivity contribution in [1.82, 2.24) is 0 Å². The van der Waals surface area contributed by atoms with E-state index in [-0.39, 0.29) is 18.0 Å². The minimum atomic E-state index is -0.944. The zero-order chi connectivity index (χ0) is 13.2. The van der Waals surface area contributed by atoms with Crippen LogP contribution in [0.25, 0.3) is 0 Å². The summed E-state index contributed by atoms with van der Waals surface area (Å²) in [4.78, 5) is 10.1. The molecule has 98 valence electrons. The van der Waals surface area contributed by atoms with Gasteiger partial charge >= 0.3 is 5.69 Å². The molecule has 6 heteroatoms. The summed E-state index contributed by atoms with van der Waals surface area (Å²) in [6.45, 7) is -0.0444. The molecule has 1 aliphatic rings. The molecular formula is C12H14FNO4. The third-order valence-corrected chi connectivity index (χ3v) is 3.15. The number of ether oxygens (including phenoxy) is 1. The zero-order valence-electron chi connectivity index (χ0n) is 9.76. The largest absolute Gasteiger partial charge is 0.484 e. The molecule has 0 saturated heterocycles. The second-order valence-corrected chi connectivity index (χ2v) is 4.59. The molecule has 1 fully saturated rings. The van der Waals surface area contributed by atoms with Gasteiger partial charge in [-0.25, -0.2) is 4.39 Å². The molecule has 0 bridgehead atoms. The van der Waals surface area contributed by atoms with Gasteiger partial charge in [0.2, 0.25) is 0 Å². The van der Waals surface area contributed by atoms with Crippen LogP contribution in [-0.2, 0) is 0 Å². The number of nitro groups is 1. The number of hydrogen-bond donors (Lipinski definition) is 1. The summed E-state index contributed by atoms with van der Waals surface area (Å²) in [5.74, 6) is -0.741. The first-order valence-electron chi connectivity index (χ1n) is 5.79. The highest BCUT2D eigenvalue weighted by Crippen LogP contribution is 2.32. The van der Waals surface area contributed by atoms with Gasteiger partial charge in [-0.15, -0.1) is 0 Å². The van der Waals surface area contributed by atoms with Crippen molar-refractivity contribution in [3.63, 3.8) is 0 Å². The van der Waals surface area contributed by atoms with E-state index >= 15 is 0 Å². The van der Waals surface area contributed by atoms with E-state index in [9.17, 15) is 19.6 Å². The molecule has 5 nitrogen and oxygen atoms in total. The number of benzene rings is 1. The molecule has 0 aromatic heterocycles. The van der Waals surface area contributed by atoms with Crippen molar-refractivity contribution >= 4 is 5.69 Å². The molecule has 0 heterocycles. The monoisotopic (exact) mass is 255 g/mol. The van der Waals surface area contributed by atoms with Gasteiger partial charge in [0.15, 0.2) is 5.75 Å². The van der Waals surface area contributed by atoms with E-state index in [0.29, 0.717) is 12.8 Å². The van der Waals surface area contributed by atoms with E-state index in [0.717, 1.165) is 31.0 Å². The second-order valence-electron chi connectivity index (χ2n) is 4.59. The normalized spacial score (nSPS) is 17.7. The summed E-state index contributed by atoms with van der Waals surface area (Å²) in [5, 5.41) is 20.8. The van der Waals surface area contributed by atoms with Gasteiger partial charge < -0.3 is 9.84 Å². The molecule has 1 aromatic carbocycles. The Bertz CT molecular complexity index is 457. The van der Waals surface area contributed by atoms with Gasteiger partial charge in [0.05, 0.1) is 10.5 Å². The smallest absolute Gasteiger partial charge is 0.311 e. The molecule has 0 aliphatic heterocycles. The highest BCUT2D eigenvalue weighted by molar-refractivity contribution is 5.46. The minimum absolute atomic E-state index is 0.0444. The SMILES string of the molecule is O=[N+]([O-])c1ccc(F)cc1OCC1(O)CCCC1. The first kappa shape index (κ1) is 12.8. The molecule has 18 heavy (non-hydrogen) atoms. The zero-order valence-corrected chi connectivity index (χ0v) is 9.76. The van der Waals surface area contributed by atoms with Crippen LogP contribution in [0.4, 0.5) is 10.1 Å². The Balaban J connectivity index is 2.12. The van der Waals surface area contributed by atoms with E-state index in [2.05, 4.69) is 0 Å². The predicted octanol–water partition coefficient (Wildman–Crippen LogP) is 2.42. The van der Waals surface area contributed by atoms with Gasteiger partial charge in [-0.3, -0.25) is 10.1 Å². The fourth-order valence-electron chi connectivity index (χ4n) is 2.14. The molecule has 0 atom stereocenters. The van der Waals surface area contributed by atoms with Crippen LogP contribution >= 0.6 is 0 Å². The lowest BCUT2D eigenvalue weighted by Gasteiger charge is -2.21. The average molecular weight is 255 g/mol. The van der Waals surface area contributed by atoms with Crippen LogP contribution in [0.2, 0.25) is 0 Å².